The van der Waals surface area contributed by atoms with Crippen molar-refractivity contribution in [2.45, 2.75) is 51.4 Å². The maximum absolute atomic E-state index is 12.9. The van der Waals surface area contributed by atoms with Gasteiger partial charge in [-0.15, -0.1) is 0 Å². The number of nitrogens with zero attached hydrogens (tertiary/aromatic N) is 2. The van der Waals surface area contributed by atoms with Crippen LogP contribution >= 0.6 is 23.2 Å². The minimum atomic E-state index is -0.0382. The molecular weight excluding hydrogens is 427 g/mol. The van der Waals surface area contributed by atoms with E-state index in [4.69, 9.17) is 23.2 Å². The first-order chi connectivity index (χ1) is 14.8. The van der Waals surface area contributed by atoms with Crippen molar-refractivity contribution in [3.63, 3.8) is 0 Å². The topological polar surface area (TPSA) is 23.6 Å². The van der Waals surface area contributed by atoms with Crippen LogP contribution in [0, 0.1) is 5.92 Å². The van der Waals surface area contributed by atoms with Crippen LogP contribution in [0.15, 0.2) is 36.4 Å². The van der Waals surface area contributed by atoms with Crippen LogP contribution in [0.3, 0.4) is 0 Å². The van der Waals surface area contributed by atoms with E-state index in [-0.39, 0.29) is 5.91 Å². The zero-order valence-corrected chi connectivity index (χ0v) is 20.2. The SMILES string of the molecule is CC1c2cc(N3CCCCC3)ccc2C(CCN(C)C(=O)c2cc(Cl)cc(Cl)c2)[C@@H]1C. The molecule has 1 aliphatic heterocycles. The van der Waals surface area contributed by atoms with Gasteiger partial charge in [0.2, 0.25) is 0 Å². The molecule has 2 unspecified atom stereocenters. The molecule has 1 heterocycles. The molecule has 0 saturated carbocycles. The Labute approximate surface area is 196 Å². The Morgan fingerprint density at radius 2 is 1.68 bits per heavy atom. The Morgan fingerprint density at radius 1 is 1.00 bits per heavy atom. The molecule has 2 aromatic rings. The molecule has 3 nitrogen and oxygen atoms in total. The summed E-state index contributed by atoms with van der Waals surface area (Å²) < 4.78 is 0. The standard InChI is InChI=1S/C26H32Cl2N2O/c1-17-18(2)25-16-22(30-10-5-4-6-11-30)7-8-24(25)23(17)9-12-29(3)26(31)19-13-20(27)15-21(28)14-19/h7-8,13-18,23H,4-6,9-12H2,1-3H3/t17-,18?,23?/m1/s1. The van der Waals surface area contributed by atoms with Gasteiger partial charge in [0, 0.05) is 48.0 Å². The van der Waals surface area contributed by atoms with E-state index in [1.165, 1.54) is 49.2 Å². The number of piperidine rings is 1. The van der Waals surface area contributed by atoms with Crippen LogP contribution < -0.4 is 4.90 Å². The normalized spacial score (nSPS) is 23.0. The maximum Gasteiger partial charge on any atom is 0.253 e. The van der Waals surface area contributed by atoms with Crippen molar-refractivity contribution >= 4 is 34.8 Å². The van der Waals surface area contributed by atoms with E-state index >= 15 is 0 Å². The second-order valence-electron chi connectivity index (χ2n) is 9.29. The molecule has 0 bridgehead atoms. The Hall–Kier alpha value is -1.71. The molecule has 3 atom stereocenters. The molecule has 0 radical (unpaired) electrons. The zero-order valence-electron chi connectivity index (χ0n) is 18.7. The maximum atomic E-state index is 12.9. The molecule has 4 rings (SSSR count). The lowest BCUT2D eigenvalue weighted by molar-refractivity contribution is 0.0788. The highest BCUT2D eigenvalue weighted by Crippen LogP contribution is 2.48. The molecule has 166 valence electrons. The predicted molar refractivity (Wildman–Crippen MR) is 131 cm³/mol. The Kier molecular flexibility index (Phi) is 6.83. The average Bonchev–Trinajstić information content (AvgIpc) is 3.00. The third-order valence-corrected chi connectivity index (χ3v) is 7.77. The van der Waals surface area contributed by atoms with E-state index in [1.807, 2.05) is 7.05 Å². The molecule has 2 aliphatic rings. The smallest absolute Gasteiger partial charge is 0.253 e. The summed E-state index contributed by atoms with van der Waals surface area (Å²) >= 11 is 12.2. The van der Waals surface area contributed by atoms with Gasteiger partial charge in [-0.1, -0.05) is 43.1 Å². The number of halogens is 2. The van der Waals surface area contributed by atoms with Crippen LogP contribution in [0.4, 0.5) is 5.69 Å². The second-order valence-corrected chi connectivity index (χ2v) is 10.2. The first kappa shape index (κ1) is 22.5. The molecule has 0 N–H and O–H groups in total. The molecule has 2 aromatic carbocycles. The number of anilines is 1. The number of carbonyl (C=O) groups is 1. The van der Waals surface area contributed by atoms with E-state index in [2.05, 4.69) is 36.9 Å². The largest absolute Gasteiger partial charge is 0.372 e. The van der Waals surface area contributed by atoms with Gasteiger partial charge in [0.25, 0.3) is 5.91 Å². The van der Waals surface area contributed by atoms with Crippen LogP contribution in [0.25, 0.3) is 0 Å². The summed E-state index contributed by atoms with van der Waals surface area (Å²) in [7, 11) is 1.86. The monoisotopic (exact) mass is 458 g/mol. The zero-order chi connectivity index (χ0) is 22.1. The van der Waals surface area contributed by atoms with E-state index < -0.39 is 0 Å². The summed E-state index contributed by atoms with van der Waals surface area (Å²) in [6.45, 7) is 7.76. The minimum absolute atomic E-state index is 0.0382. The van der Waals surface area contributed by atoms with Crippen LogP contribution in [0.2, 0.25) is 10.0 Å². The molecule has 0 spiro atoms. The third-order valence-electron chi connectivity index (χ3n) is 7.34. The summed E-state index contributed by atoms with van der Waals surface area (Å²) in [5, 5.41) is 0.974. The van der Waals surface area contributed by atoms with Gasteiger partial charge in [-0.05, 0) is 84.9 Å². The summed E-state index contributed by atoms with van der Waals surface area (Å²) in [5.74, 6) is 1.54. The van der Waals surface area contributed by atoms with Gasteiger partial charge < -0.3 is 9.80 Å². The quantitative estimate of drug-likeness (QED) is 0.482. The second kappa shape index (κ2) is 9.42. The fourth-order valence-corrected chi connectivity index (χ4v) is 5.83. The van der Waals surface area contributed by atoms with E-state index in [9.17, 15) is 4.79 Å². The number of hydrogen-bond donors (Lipinski definition) is 0. The Balaban J connectivity index is 1.46. The summed E-state index contributed by atoms with van der Waals surface area (Å²) in [4.78, 5) is 17.2. The number of hydrogen-bond acceptors (Lipinski definition) is 2. The molecule has 1 amide bonds. The van der Waals surface area contributed by atoms with Gasteiger partial charge in [-0.2, -0.15) is 0 Å². The summed E-state index contributed by atoms with van der Waals surface area (Å²) in [6, 6.07) is 12.1. The number of benzene rings is 2. The molecule has 1 aliphatic carbocycles. The number of rotatable bonds is 5. The van der Waals surface area contributed by atoms with Gasteiger partial charge in [-0.3, -0.25) is 4.79 Å². The van der Waals surface area contributed by atoms with Crippen molar-refractivity contribution in [1.82, 2.24) is 4.90 Å². The van der Waals surface area contributed by atoms with E-state index in [1.54, 1.807) is 23.1 Å². The van der Waals surface area contributed by atoms with E-state index in [0.29, 0.717) is 39.9 Å². The van der Waals surface area contributed by atoms with Crippen LogP contribution in [0.1, 0.15) is 72.9 Å². The van der Waals surface area contributed by atoms with Crippen molar-refractivity contribution in [1.29, 1.82) is 0 Å². The Morgan fingerprint density at radius 3 is 2.35 bits per heavy atom. The highest BCUT2D eigenvalue weighted by Gasteiger charge is 2.35. The highest BCUT2D eigenvalue weighted by atomic mass is 35.5. The Bertz CT molecular complexity index is 934. The fraction of sp³-hybridized carbons (Fsp3) is 0.500. The van der Waals surface area contributed by atoms with Crippen molar-refractivity contribution < 1.29 is 4.79 Å². The van der Waals surface area contributed by atoms with Crippen molar-refractivity contribution in [2.24, 2.45) is 5.92 Å². The highest BCUT2D eigenvalue weighted by molar-refractivity contribution is 6.35. The fourth-order valence-electron chi connectivity index (χ4n) is 5.31. The first-order valence-corrected chi connectivity index (χ1v) is 12.2. The van der Waals surface area contributed by atoms with Crippen LogP contribution in [-0.2, 0) is 0 Å². The molecule has 31 heavy (non-hydrogen) atoms. The summed E-state index contributed by atoms with van der Waals surface area (Å²) in [6.07, 6.45) is 4.90. The predicted octanol–water partition coefficient (Wildman–Crippen LogP) is 6.98. The lowest BCUT2D eigenvalue weighted by atomic mass is 9.87. The number of carbonyl (C=O) groups excluding carboxylic acids is 1. The third kappa shape index (κ3) is 4.73. The number of amides is 1. The van der Waals surface area contributed by atoms with Gasteiger partial charge >= 0.3 is 0 Å². The van der Waals surface area contributed by atoms with Crippen molar-refractivity contribution in [3.8, 4) is 0 Å². The number of fused-ring (bicyclic) bond motifs is 1. The van der Waals surface area contributed by atoms with Gasteiger partial charge in [0.1, 0.15) is 0 Å². The average molecular weight is 459 g/mol. The molecule has 1 saturated heterocycles. The van der Waals surface area contributed by atoms with Gasteiger partial charge in [0.15, 0.2) is 0 Å². The summed E-state index contributed by atoms with van der Waals surface area (Å²) in [5.41, 5.74) is 4.88. The van der Waals surface area contributed by atoms with Crippen LogP contribution in [-0.4, -0.2) is 37.5 Å². The van der Waals surface area contributed by atoms with Crippen molar-refractivity contribution in [3.05, 3.63) is 63.1 Å². The molecule has 1 fully saturated rings. The molecule has 5 heteroatoms. The molecule has 0 aromatic heterocycles. The van der Waals surface area contributed by atoms with Gasteiger partial charge in [0.05, 0.1) is 0 Å². The van der Waals surface area contributed by atoms with E-state index in [0.717, 1.165) is 6.42 Å². The van der Waals surface area contributed by atoms with Crippen molar-refractivity contribution in [2.75, 3.05) is 31.6 Å². The lowest BCUT2D eigenvalue weighted by Crippen LogP contribution is -2.29. The lowest BCUT2D eigenvalue weighted by Gasteiger charge is -2.29. The van der Waals surface area contributed by atoms with Crippen LogP contribution in [0.5, 0.6) is 0 Å². The molecular formula is C26H32Cl2N2O. The first-order valence-electron chi connectivity index (χ1n) is 11.5. The van der Waals surface area contributed by atoms with Gasteiger partial charge in [-0.25, -0.2) is 0 Å². The minimum Gasteiger partial charge on any atom is -0.372 e.